The second kappa shape index (κ2) is 8.10. The van der Waals surface area contributed by atoms with Crippen LogP contribution in [0.1, 0.15) is 78.6 Å². The molecule has 17 heavy (non-hydrogen) atoms. The maximum Gasteiger partial charge on any atom is 0.119 e. The standard InChI is InChI=1S/C15H31NO/c1-4-7-9-11-15(12-10-8-5-2)16-14(6-3)13-17-15/h14,16H,4-13H2,1-3H3. The molecule has 1 heterocycles. The van der Waals surface area contributed by atoms with E-state index in [2.05, 4.69) is 26.1 Å². The molecule has 1 saturated heterocycles. The summed E-state index contributed by atoms with van der Waals surface area (Å²) in [6.45, 7) is 7.69. The summed E-state index contributed by atoms with van der Waals surface area (Å²) in [5.74, 6) is 0. The predicted octanol–water partition coefficient (Wildman–Crippen LogP) is 4.24. The molecule has 2 heteroatoms. The lowest BCUT2D eigenvalue weighted by Gasteiger charge is -2.29. The molecular formula is C15H31NO. The second-order valence-corrected chi connectivity index (χ2v) is 5.47. The highest BCUT2D eigenvalue weighted by Gasteiger charge is 2.37. The molecule has 0 spiro atoms. The summed E-state index contributed by atoms with van der Waals surface area (Å²) in [6, 6.07) is 0.582. The van der Waals surface area contributed by atoms with Crippen molar-refractivity contribution in [3.8, 4) is 0 Å². The van der Waals surface area contributed by atoms with Crippen LogP contribution < -0.4 is 5.32 Å². The number of hydrogen-bond donors (Lipinski definition) is 1. The molecule has 102 valence electrons. The summed E-state index contributed by atoms with van der Waals surface area (Å²) >= 11 is 0. The highest BCUT2D eigenvalue weighted by atomic mass is 16.5. The van der Waals surface area contributed by atoms with Gasteiger partial charge in [0.2, 0.25) is 0 Å². The summed E-state index contributed by atoms with van der Waals surface area (Å²) in [5.41, 5.74) is 0.0189. The van der Waals surface area contributed by atoms with Crippen molar-refractivity contribution in [1.29, 1.82) is 0 Å². The Bertz CT molecular complexity index is 183. The van der Waals surface area contributed by atoms with E-state index >= 15 is 0 Å². The summed E-state index contributed by atoms with van der Waals surface area (Å²) in [7, 11) is 0. The van der Waals surface area contributed by atoms with Crippen molar-refractivity contribution in [2.75, 3.05) is 6.61 Å². The minimum Gasteiger partial charge on any atom is -0.359 e. The first-order valence-electron chi connectivity index (χ1n) is 7.68. The zero-order valence-corrected chi connectivity index (χ0v) is 12.1. The molecule has 1 aliphatic rings. The summed E-state index contributed by atoms with van der Waals surface area (Å²) in [5, 5.41) is 3.75. The van der Waals surface area contributed by atoms with Crippen molar-refractivity contribution in [3.05, 3.63) is 0 Å². The lowest BCUT2D eigenvalue weighted by atomic mass is 9.98. The average Bonchev–Trinajstić information content (AvgIpc) is 2.74. The smallest absolute Gasteiger partial charge is 0.119 e. The maximum absolute atomic E-state index is 6.13. The molecule has 0 aromatic rings. The normalized spacial score (nSPS) is 23.1. The van der Waals surface area contributed by atoms with E-state index in [1.807, 2.05) is 0 Å². The largest absolute Gasteiger partial charge is 0.359 e. The Morgan fingerprint density at radius 3 is 2.00 bits per heavy atom. The monoisotopic (exact) mass is 241 g/mol. The van der Waals surface area contributed by atoms with Gasteiger partial charge in [-0.1, -0.05) is 46.5 Å². The summed E-state index contributed by atoms with van der Waals surface area (Å²) in [4.78, 5) is 0. The topological polar surface area (TPSA) is 21.3 Å². The first-order chi connectivity index (χ1) is 8.26. The van der Waals surface area contributed by atoms with Gasteiger partial charge in [0.05, 0.1) is 6.61 Å². The third kappa shape index (κ3) is 4.97. The summed E-state index contributed by atoms with van der Waals surface area (Å²) in [6.07, 6.45) is 11.4. The molecule has 2 nitrogen and oxygen atoms in total. The Morgan fingerprint density at radius 2 is 1.59 bits per heavy atom. The van der Waals surface area contributed by atoms with E-state index in [-0.39, 0.29) is 5.72 Å². The molecule has 1 rings (SSSR count). The van der Waals surface area contributed by atoms with Crippen LogP contribution in [-0.2, 0) is 4.74 Å². The number of rotatable bonds is 9. The van der Waals surface area contributed by atoms with Crippen LogP contribution in [0.4, 0.5) is 0 Å². The Morgan fingerprint density at radius 1 is 1.00 bits per heavy atom. The molecule has 0 radical (unpaired) electrons. The van der Waals surface area contributed by atoms with E-state index < -0.39 is 0 Å². The van der Waals surface area contributed by atoms with Crippen molar-refractivity contribution in [1.82, 2.24) is 5.32 Å². The van der Waals surface area contributed by atoms with E-state index in [1.54, 1.807) is 0 Å². The van der Waals surface area contributed by atoms with Crippen LogP contribution in [0.3, 0.4) is 0 Å². The fourth-order valence-electron chi connectivity index (χ4n) is 2.67. The van der Waals surface area contributed by atoms with Gasteiger partial charge in [0.15, 0.2) is 0 Å². The Balaban J connectivity index is 2.40. The first-order valence-corrected chi connectivity index (χ1v) is 7.68. The van der Waals surface area contributed by atoms with E-state index in [0.717, 1.165) is 6.61 Å². The average molecular weight is 241 g/mol. The molecule has 0 aromatic heterocycles. The van der Waals surface area contributed by atoms with Crippen molar-refractivity contribution in [3.63, 3.8) is 0 Å². The number of nitrogens with one attached hydrogen (secondary N) is 1. The molecule has 0 amide bonds. The molecule has 0 bridgehead atoms. The third-order valence-corrected chi connectivity index (χ3v) is 3.89. The number of ether oxygens (including phenoxy) is 1. The van der Waals surface area contributed by atoms with Crippen LogP contribution in [0.5, 0.6) is 0 Å². The van der Waals surface area contributed by atoms with Gasteiger partial charge in [-0.15, -0.1) is 0 Å². The van der Waals surface area contributed by atoms with Gasteiger partial charge in [-0.3, -0.25) is 5.32 Å². The lowest BCUT2D eigenvalue weighted by Crippen LogP contribution is -2.44. The highest BCUT2D eigenvalue weighted by molar-refractivity contribution is 4.88. The van der Waals surface area contributed by atoms with E-state index in [9.17, 15) is 0 Å². The predicted molar refractivity (Wildman–Crippen MR) is 74.2 cm³/mol. The molecule has 1 N–H and O–H groups in total. The van der Waals surface area contributed by atoms with Gasteiger partial charge in [0.1, 0.15) is 5.72 Å². The van der Waals surface area contributed by atoms with Gasteiger partial charge >= 0.3 is 0 Å². The molecular weight excluding hydrogens is 210 g/mol. The van der Waals surface area contributed by atoms with E-state index in [4.69, 9.17) is 4.74 Å². The Hall–Kier alpha value is -0.0800. The number of hydrogen-bond acceptors (Lipinski definition) is 2. The van der Waals surface area contributed by atoms with Crippen molar-refractivity contribution >= 4 is 0 Å². The van der Waals surface area contributed by atoms with E-state index in [0.29, 0.717) is 6.04 Å². The minimum absolute atomic E-state index is 0.0189. The fourth-order valence-corrected chi connectivity index (χ4v) is 2.67. The van der Waals surface area contributed by atoms with Gasteiger partial charge < -0.3 is 4.74 Å². The van der Waals surface area contributed by atoms with Gasteiger partial charge in [-0.05, 0) is 32.1 Å². The van der Waals surface area contributed by atoms with Crippen molar-refractivity contribution < 1.29 is 4.74 Å². The molecule has 0 aliphatic carbocycles. The van der Waals surface area contributed by atoms with Crippen LogP contribution in [0, 0.1) is 0 Å². The molecule has 1 fully saturated rings. The van der Waals surface area contributed by atoms with Gasteiger partial charge in [0.25, 0.3) is 0 Å². The van der Waals surface area contributed by atoms with Crippen LogP contribution >= 0.6 is 0 Å². The summed E-state index contributed by atoms with van der Waals surface area (Å²) < 4.78 is 6.13. The molecule has 1 unspecified atom stereocenters. The van der Waals surface area contributed by atoms with Gasteiger partial charge in [0, 0.05) is 6.04 Å². The van der Waals surface area contributed by atoms with Crippen LogP contribution in [0.15, 0.2) is 0 Å². The quantitative estimate of drug-likeness (QED) is 0.610. The highest BCUT2D eigenvalue weighted by Crippen LogP contribution is 2.29. The van der Waals surface area contributed by atoms with Crippen LogP contribution in [0.25, 0.3) is 0 Å². The zero-order valence-electron chi connectivity index (χ0n) is 12.1. The number of unbranched alkanes of at least 4 members (excludes halogenated alkanes) is 4. The first kappa shape index (κ1) is 15.0. The fraction of sp³-hybridized carbons (Fsp3) is 1.00. The Kier molecular flexibility index (Phi) is 7.14. The Labute approximate surface area is 108 Å². The van der Waals surface area contributed by atoms with Crippen molar-refractivity contribution in [2.24, 2.45) is 0 Å². The molecule has 1 aliphatic heterocycles. The van der Waals surface area contributed by atoms with Crippen LogP contribution in [-0.4, -0.2) is 18.4 Å². The SMILES string of the molecule is CCCCCC1(CCCCC)NC(CC)CO1. The second-order valence-electron chi connectivity index (χ2n) is 5.47. The van der Waals surface area contributed by atoms with E-state index in [1.165, 1.54) is 57.8 Å². The molecule has 1 atom stereocenters. The van der Waals surface area contributed by atoms with Gasteiger partial charge in [-0.25, -0.2) is 0 Å². The molecule has 0 saturated carbocycles. The third-order valence-electron chi connectivity index (χ3n) is 3.89. The molecule has 0 aromatic carbocycles. The minimum atomic E-state index is 0.0189. The lowest BCUT2D eigenvalue weighted by molar-refractivity contribution is -0.0274. The maximum atomic E-state index is 6.13. The van der Waals surface area contributed by atoms with Gasteiger partial charge in [-0.2, -0.15) is 0 Å². The zero-order chi connectivity index (χ0) is 12.6. The van der Waals surface area contributed by atoms with Crippen LogP contribution in [0.2, 0.25) is 0 Å². The van der Waals surface area contributed by atoms with Crippen molar-refractivity contribution in [2.45, 2.75) is 90.3 Å².